The molecule has 0 aliphatic heterocycles. The van der Waals surface area contributed by atoms with Crippen molar-refractivity contribution in [3.8, 4) is 5.75 Å². The van der Waals surface area contributed by atoms with E-state index in [1.165, 1.54) is 5.69 Å². The minimum absolute atomic E-state index is 0.939. The SMILES string of the molecule is CCCN(CC)c1cc(NC)ccc1OC. The van der Waals surface area contributed by atoms with Gasteiger partial charge in [-0.2, -0.15) is 0 Å². The highest BCUT2D eigenvalue weighted by Crippen LogP contribution is 2.31. The van der Waals surface area contributed by atoms with Crippen LogP contribution in [0.1, 0.15) is 20.3 Å². The van der Waals surface area contributed by atoms with E-state index in [9.17, 15) is 0 Å². The number of hydrogen-bond acceptors (Lipinski definition) is 3. The van der Waals surface area contributed by atoms with Crippen LogP contribution in [-0.4, -0.2) is 27.2 Å². The molecular formula is C13H22N2O. The van der Waals surface area contributed by atoms with E-state index >= 15 is 0 Å². The lowest BCUT2D eigenvalue weighted by Crippen LogP contribution is -2.24. The summed E-state index contributed by atoms with van der Waals surface area (Å²) < 4.78 is 5.40. The highest BCUT2D eigenvalue weighted by Gasteiger charge is 2.10. The Labute approximate surface area is 98.4 Å². The minimum atomic E-state index is 0.939. The molecule has 1 N–H and O–H groups in total. The number of hydrogen-bond donors (Lipinski definition) is 1. The highest BCUT2D eigenvalue weighted by molar-refractivity contribution is 5.66. The molecular weight excluding hydrogens is 200 g/mol. The molecule has 0 aliphatic carbocycles. The van der Waals surface area contributed by atoms with Crippen molar-refractivity contribution >= 4 is 11.4 Å². The molecule has 0 aromatic heterocycles. The third-order valence-corrected chi connectivity index (χ3v) is 2.68. The van der Waals surface area contributed by atoms with Crippen LogP contribution in [0.15, 0.2) is 18.2 Å². The average molecular weight is 222 g/mol. The van der Waals surface area contributed by atoms with Crippen LogP contribution in [0.25, 0.3) is 0 Å². The lowest BCUT2D eigenvalue weighted by atomic mass is 10.2. The smallest absolute Gasteiger partial charge is 0.142 e. The predicted molar refractivity (Wildman–Crippen MR) is 70.7 cm³/mol. The van der Waals surface area contributed by atoms with Crippen molar-refractivity contribution in [2.45, 2.75) is 20.3 Å². The number of methoxy groups -OCH3 is 1. The summed E-state index contributed by atoms with van der Waals surface area (Å²) in [6.45, 7) is 6.41. The van der Waals surface area contributed by atoms with E-state index in [-0.39, 0.29) is 0 Å². The first-order chi connectivity index (χ1) is 7.76. The Morgan fingerprint density at radius 2 is 2.06 bits per heavy atom. The van der Waals surface area contributed by atoms with Gasteiger partial charge in [0.2, 0.25) is 0 Å². The molecule has 1 rings (SSSR count). The summed E-state index contributed by atoms with van der Waals surface area (Å²) in [6, 6.07) is 6.18. The maximum atomic E-state index is 5.40. The van der Waals surface area contributed by atoms with Crippen molar-refractivity contribution in [3.63, 3.8) is 0 Å². The number of nitrogens with one attached hydrogen (secondary N) is 1. The second-order valence-corrected chi connectivity index (χ2v) is 3.72. The van der Waals surface area contributed by atoms with Crippen LogP contribution in [-0.2, 0) is 0 Å². The van der Waals surface area contributed by atoms with Crippen molar-refractivity contribution in [3.05, 3.63) is 18.2 Å². The van der Waals surface area contributed by atoms with Crippen LogP contribution in [0.5, 0.6) is 5.75 Å². The first-order valence-electron chi connectivity index (χ1n) is 5.87. The summed E-state index contributed by atoms with van der Waals surface area (Å²) in [7, 11) is 3.65. The Bertz CT molecular complexity index is 326. The Hall–Kier alpha value is -1.38. The van der Waals surface area contributed by atoms with Gasteiger partial charge in [-0.1, -0.05) is 6.92 Å². The first-order valence-corrected chi connectivity index (χ1v) is 5.87. The monoisotopic (exact) mass is 222 g/mol. The molecule has 1 aromatic carbocycles. The second-order valence-electron chi connectivity index (χ2n) is 3.72. The van der Waals surface area contributed by atoms with E-state index in [0.717, 1.165) is 30.9 Å². The molecule has 0 radical (unpaired) electrons. The number of nitrogens with zero attached hydrogens (tertiary/aromatic N) is 1. The zero-order valence-corrected chi connectivity index (χ0v) is 10.7. The van der Waals surface area contributed by atoms with Crippen molar-refractivity contribution < 1.29 is 4.74 Å². The normalized spacial score (nSPS) is 10.0. The summed E-state index contributed by atoms with van der Waals surface area (Å²) in [5, 5.41) is 3.16. The van der Waals surface area contributed by atoms with Crippen LogP contribution in [0.3, 0.4) is 0 Å². The fourth-order valence-electron chi connectivity index (χ4n) is 1.81. The van der Waals surface area contributed by atoms with Gasteiger partial charge in [0.05, 0.1) is 12.8 Å². The van der Waals surface area contributed by atoms with E-state index in [1.54, 1.807) is 7.11 Å². The Balaban J connectivity index is 3.05. The fourth-order valence-corrected chi connectivity index (χ4v) is 1.81. The summed E-state index contributed by atoms with van der Waals surface area (Å²) >= 11 is 0. The lowest BCUT2D eigenvalue weighted by Gasteiger charge is -2.25. The van der Waals surface area contributed by atoms with Crippen LogP contribution >= 0.6 is 0 Å². The first kappa shape index (κ1) is 12.7. The van der Waals surface area contributed by atoms with E-state index in [4.69, 9.17) is 4.74 Å². The van der Waals surface area contributed by atoms with E-state index in [0.29, 0.717) is 0 Å². The van der Waals surface area contributed by atoms with Gasteiger partial charge in [-0.05, 0) is 31.5 Å². The largest absolute Gasteiger partial charge is 0.495 e. The molecule has 0 spiro atoms. The van der Waals surface area contributed by atoms with Crippen molar-refractivity contribution in [2.75, 3.05) is 37.5 Å². The molecule has 0 amide bonds. The molecule has 0 heterocycles. The van der Waals surface area contributed by atoms with Crippen molar-refractivity contribution in [1.29, 1.82) is 0 Å². The molecule has 0 saturated heterocycles. The third kappa shape index (κ3) is 2.81. The molecule has 0 saturated carbocycles. The molecule has 0 aliphatic rings. The molecule has 0 bridgehead atoms. The van der Waals surface area contributed by atoms with Gasteiger partial charge in [0.25, 0.3) is 0 Å². The molecule has 3 heteroatoms. The Morgan fingerprint density at radius 1 is 1.31 bits per heavy atom. The van der Waals surface area contributed by atoms with Crippen molar-refractivity contribution in [2.24, 2.45) is 0 Å². The topological polar surface area (TPSA) is 24.5 Å². The van der Waals surface area contributed by atoms with Crippen molar-refractivity contribution in [1.82, 2.24) is 0 Å². The average Bonchev–Trinajstić information content (AvgIpc) is 2.35. The summed E-state index contributed by atoms with van der Waals surface area (Å²) in [4.78, 5) is 2.33. The molecule has 0 atom stereocenters. The molecule has 16 heavy (non-hydrogen) atoms. The number of rotatable bonds is 6. The summed E-state index contributed by atoms with van der Waals surface area (Å²) in [5.41, 5.74) is 2.28. The van der Waals surface area contributed by atoms with Crippen LogP contribution in [0.4, 0.5) is 11.4 Å². The van der Waals surface area contributed by atoms with Gasteiger partial charge in [-0.3, -0.25) is 0 Å². The number of benzene rings is 1. The summed E-state index contributed by atoms with van der Waals surface area (Å²) in [6.07, 6.45) is 1.14. The zero-order chi connectivity index (χ0) is 12.0. The highest BCUT2D eigenvalue weighted by atomic mass is 16.5. The van der Waals surface area contributed by atoms with Gasteiger partial charge in [0.15, 0.2) is 0 Å². The van der Waals surface area contributed by atoms with Gasteiger partial charge in [-0.15, -0.1) is 0 Å². The molecule has 0 fully saturated rings. The molecule has 90 valence electrons. The Morgan fingerprint density at radius 3 is 2.56 bits per heavy atom. The van der Waals surface area contributed by atoms with Gasteiger partial charge < -0.3 is 15.0 Å². The van der Waals surface area contributed by atoms with Gasteiger partial charge >= 0.3 is 0 Å². The van der Waals surface area contributed by atoms with Crippen LogP contribution in [0.2, 0.25) is 0 Å². The van der Waals surface area contributed by atoms with E-state index in [1.807, 2.05) is 19.2 Å². The maximum Gasteiger partial charge on any atom is 0.142 e. The molecule has 1 aromatic rings. The van der Waals surface area contributed by atoms with Crippen LogP contribution < -0.4 is 15.0 Å². The predicted octanol–water partition coefficient (Wildman–Crippen LogP) is 2.97. The lowest BCUT2D eigenvalue weighted by molar-refractivity contribution is 0.414. The minimum Gasteiger partial charge on any atom is -0.495 e. The van der Waals surface area contributed by atoms with Gasteiger partial charge in [0, 0.05) is 25.8 Å². The fraction of sp³-hybridized carbons (Fsp3) is 0.538. The number of ether oxygens (including phenoxy) is 1. The zero-order valence-electron chi connectivity index (χ0n) is 10.7. The second kappa shape index (κ2) is 6.26. The van der Waals surface area contributed by atoms with E-state index < -0.39 is 0 Å². The molecule has 3 nitrogen and oxygen atoms in total. The Kier molecular flexibility index (Phi) is 4.96. The molecule has 0 unspecified atom stereocenters. The van der Waals surface area contributed by atoms with Gasteiger partial charge in [-0.25, -0.2) is 0 Å². The van der Waals surface area contributed by atoms with Gasteiger partial charge in [0.1, 0.15) is 5.75 Å². The van der Waals surface area contributed by atoms with E-state index in [2.05, 4.69) is 30.1 Å². The van der Waals surface area contributed by atoms with Crippen LogP contribution in [0, 0.1) is 0 Å². The maximum absolute atomic E-state index is 5.40. The summed E-state index contributed by atoms with van der Waals surface area (Å²) in [5.74, 6) is 0.939. The third-order valence-electron chi connectivity index (χ3n) is 2.68. The standard InChI is InChI=1S/C13H22N2O/c1-5-9-15(6-2)12-10-11(14-3)7-8-13(12)16-4/h7-8,10,14H,5-6,9H2,1-4H3. The number of anilines is 2. The quantitative estimate of drug-likeness (QED) is 0.801.